The predicted molar refractivity (Wildman–Crippen MR) is 101 cm³/mol. The third kappa shape index (κ3) is 5.60. The highest BCUT2D eigenvalue weighted by Crippen LogP contribution is 2.38. The van der Waals surface area contributed by atoms with Crippen LogP contribution in [0.4, 0.5) is 0 Å². The minimum atomic E-state index is 0.849. The van der Waals surface area contributed by atoms with Crippen molar-refractivity contribution in [2.24, 2.45) is 23.7 Å². The van der Waals surface area contributed by atoms with Gasteiger partial charge >= 0.3 is 0 Å². The molecule has 2 aliphatic rings. The van der Waals surface area contributed by atoms with Crippen LogP contribution in [0.3, 0.4) is 0 Å². The highest BCUT2D eigenvalue weighted by atomic mass is 14.3. The van der Waals surface area contributed by atoms with Crippen LogP contribution in [0.15, 0.2) is 22.3 Å². The van der Waals surface area contributed by atoms with E-state index in [1.165, 1.54) is 38.5 Å². The van der Waals surface area contributed by atoms with Crippen LogP contribution in [-0.4, -0.2) is 0 Å². The summed E-state index contributed by atoms with van der Waals surface area (Å²) in [7, 11) is 0. The molecular weight excluding hydrogens is 264 g/mol. The van der Waals surface area contributed by atoms with Crippen molar-refractivity contribution >= 4 is 0 Å². The summed E-state index contributed by atoms with van der Waals surface area (Å²) < 4.78 is 0. The smallest absolute Gasteiger partial charge is 0.0178 e. The Balaban J connectivity index is 0.000000220. The van der Waals surface area contributed by atoms with Crippen molar-refractivity contribution in [3.8, 4) is 0 Å². The molecule has 0 aliphatic heterocycles. The third-order valence-corrected chi connectivity index (χ3v) is 5.83. The van der Waals surface area contributed by atoms with Gasteiger partial charge in [0.15, 0.2) is 0 Å². The second kappa shape index (κ2) is 8.94. The number of hydrogen-bond acceptors (Lipinski definition) is 0. The Kier molecular flexibility index (Phi) is 7.94. The first-order chi connectivity index (χ1) is 10.2. The maximum absolute atomic E-state index is 2.35. The molecular formula is C22H40. The lowest BCUT2D eigenvalue weighted by Gasteiger charge is -2.17. The van der Waals surface area contributed by atoms with Crippen molar-refractivity contribution in [2.45, 2.75) is 93.9 Å². The zero-order valence-corrected chi connectivity index (χ0v) is 16.6. The maximum atomic E-state index is 2.35. The van der Waals surface area contributed by atoms with Crippen LogP contribution < -0.4 is 0 Å². The Morgan fingerprint density at radius 3 is 1.77 bits per heavy atom. The van der Waals surface area contributed by atoms with E-state index in [0.29, 0.717) is 0 Å². The molecule has 0 radical (unpaired) electrons. The van der Waals surface area contributed by atoms with Crippen LogP contribution in [0.25, 0.3) is 0 Å². The van der Waals surface area contributed by atoms with Gasteiger partial charge in [0.25, 0.3) is 0 Å². The van der Waals surface area contributed by atoms with Gasteiger partial charge in [0.1, 0.15) is 0 Å². The van der Waals surface area contributed by atoms with Crippen molar-refractivity contribution in [2.75, 3.05) is 0 Å². The quantitative estimate of drug-likeness (QED) is 0.462. The van der Waals surface area contributed by atoms with E-state index in [2.05, 4.69) is 55.4 Å². The molecule has 0 aromatic carbocycles. The van der Waals surface area contributed by atoms with Gasteiger partial charge in [0, 0.05) is 0 Å². The molecule has 2 unspecified atom stereocenters. The molecule has 0 spiro atoms. The molecule has 0 bridgehead atoms. The molecule has 0 amide bonds. The van der Waals surface area contributed by atoms with Crippen molar-refractivity contribution in [3.63, 3.8) is 0 Å². The van der Waals surface area contributed by atoms with Gasteiger partial charge in [0.05, 0.1) is 0 Å². The minimum Gasteiger partial charge on any atom is -0.0772 e. The van der Waals surface area contributed by atoms with Crippen LogP contribution in [0, 0.1) is 23.7 Å². The van der Waals surface area contributed by atoms with E-state index in [9.17, 15) is 0 Å². The van der Waals surface area contributed by atoms with Crippen molar-refractivity contribution in [1.82, 2.24) is 0 Å². The van der Waals surface area contributed by atoms with Gasteiger partial charge in [-0.2, -0.15) is 0 Å². The highest BCUT2D eigenvalue weighted by Gasteiger charge is 2.24. The standard InChI is InChI=1S/2C11H20/c1-8(2)10-5-6-11(7-10)9(3)4;1-8(2)10-6-5-7-11(10)9(3)4/h2*8,10H,5-7H2,1-4H3. The second-order valence-electron chi connectivity index (χ2n) is 8.62. The molecule has 0 heteroatoms. The van der Waals surface area contributed by atoms with Crippen molar-refractivity contribution in [3.05, 3.63) is 22.3 Å². The summed E-state index contributed by atoms with van der Waals surface area (Å²) in [5, 5.41) is 0. The topological polar surface area (TPSA) is 0 Å². The summed E-state index contributed by atoms with van der Waals surface area (Å²) >= 11 is 0. The van der Waals surface area contributed by atoms with E-state index in [1.54, 1.807) is 22.3 Å². The van der Waals surface area contributed by atoms with Crippen LogP contribution >= 0.6 is 0 Å². The van der Waals surface area contributed by atoms with Gasteiger partial charge in [-0.25, -0.2) is 0 Å². The largest absolute Gasteiger partial charge is 0.0772 e. The molecule has 0 aromatic rings. The fourth-order valence-corrected chi connectivity index (χ4v) is 4.13. The van der Waals surface area contributed by atoms with Gasteiger partial charge < -0.3 is 0 Å². The summed E-state index contributed by atoms with van der Waals surface area (Å²) in [5.74, 6) is 3.61. The predicted octanol–water partition coefficient (Wildman–Crippen LogP) is 7.56. The zero-order chi connectivity index (χ0) is 16.9. The van der Waals surface area contributed by atoms with E-state index in [-0.39, 0.29) is 0 Å². The third-order valence-electron chi connectivity index (χ3n) is 5.83. The highest BCUT2D eigenvalue weighted by molar-refractivity contribution is 5.17. The average molecular weight is 305 g/mol. The Morgan fingerprint density at radius 1 is 0.818 bits per heavy atom. The molecule has 2 saturated carbocycles. The van der Waals surface area contributed by atoms with Crippen molar-refractivity contribution < 1.29 is 0 Å². The molecule has 2 rings (SSSR count). The molecule has 0 nitrogen and oxygen atoms in total. The summed E-state index contributed by atoms with van der Waals surface area (Å²) in [6.45, 7) is 18.4. The summed E-state index contributed by atoms with van der Waals surface area (Å²) in [6.07, 6.45) is 8.38. The van der Waals surface area contributed by atoms with Crippen LogP contribution in [0.1, 0.15) is 93.9 Å². The molecule has 0 aromatic heterocycles. The van der Waals surface area contributed by atoms with Gasteiger partial charge in [-0.05, 0) is 89.9 Å². The van der Waals surface area contributed by atoms with Gasteiger partial charge in [0.2, 0.25) is 0 Å². The summed E-state index contributed by atoms with van der Waals surface area (Å²) in [4.78, 5) is 0. The minimum absolute atomic E-state index is 0.849. The number of hydrogen-bond donors (Lipinski definition) is 0. The SMILES string of the molecule is CC(C)=C1CCC(C(C)C)C1.CC(C)=C1CCCC1C(C)C. The van der Waals surface area contributed by atoms with Gasteiger partial charge in [-0.15, -0.1) is 0 Å². The maximum Gasteiger partial charge on any atom is -0.0178 e. The molecule has 2 fully saturated rings. The van der Waals surface area contributed by atoms with E-state index >= 15 is 0 Å². The first kappa shape index (κ1) is 19.5. The number of allylic oxidation sites excluding steroid dienone is 4. The lowest BCUT2D eigenvalue weighted by molar-refractivity contribution is 0.401. The van der Waals surface area contributed by atoms with Crippen LogP contribution in [-0.2, 0) is 0 Å². The Labute approximate surface area is 140 Å². The normalized spacial score (nSPS) is 24.8. The molecule has 128 valence electrons. The lowest BCUT2D eigenvalue weighted by atomic mass is 9.88. The van der Waals surface area contributed by atoms with E-state index in [0.717, 1.165) is 23.7 Å². The average Bonchev–Trinajstić information content (AvgIpc) is 3.09. The molecule has 2 aliphatic carbocycles. The number of rotatable bonds is 2. The summed E-state index contributed by atoms with van der Waals surface area (Å²) in [6, 6.07) is 0. The molecule has 0 saturated heterocycles. The monoisotopic (exact) mass is 304 g/mol. The van der Waals surface area contributed by atoms with Gasteiger partial charge in [-0.1, -0.05) is 50.0 Å². The van der Waals surface area contributed by atoms with Gasteiger partial charge in [-0.3, -0.25) is 0 Å². The lowest BCUT2D eigenvalue weighted by Crippen LogP contribution is -2.06. The van der Waals surface area contributed by atoms with Crippen molar-refractivity contribution in [1.29, 1.82) is 0 Å². The van der Waals surface area contributed by atoms with Crippen LogP contribution in [0.2, 0.25) is 0 Å². The fourth-order valence-electron chi connectivity index (χ4n) is 4.13. The summed E-state index contributed by atoms with van der Waals surface area (Å²) in [5.41, 5.74) is 6.61. The molecule has 0 heterocycles. The first-order valence-corrected chi connectivity index (χ1v) is 9.55. The molecule has 0 N–H and O–H groups in total. The Morgan fingerprint density at radius 2 is 1.45 bits per heavy atom. The fraction of sp³-hybridized carbons (Fsp3) is 0.818. The first-order valence-electron chi connectivity index (χ1n) is 9.55. The zero-order valence-electron chi connectivity index (χ0n) is 16.6. The Hall–Kier alpha value is -0.520. The van der Waals surface area contributed by atoms with E-state index in [4.69, 9.17) is 0 Å². The second-order valence-corrected chi connectivity index (χ2v) is 8.62. The van der Waals surface area contributed by atoms with Crippen LogP contribution in [0.5, 0.6) is 0 Å². The molecule has 2 atom stereocenters. The Bertz CT molecular complexity index is 398. The van der Waals surface area contributed by atoms with E-state index in [1.807, 2.05) is 0 Å². The van der Waals surface area contributed by atoms with E-state index < -0.39 is 0 Å². The molecule has 22 heavy (non-hydrogen) atoms.